The summed E-state index contributed by atoms with van der Waals surface area (Å²) in [6.07, 6.45) is 1.76. The van der Waals surface area contributed by atoms with Gasteiger partial charge in [-0.2, -0.15) is 0 Å². The molecule has 17 heavy (non-hydrogen) atoms. The Bertz CT molecular complexity index is 390. The van der Waals surface area contributed by atoms with Crippen LogP contribution in [0.1, 0.15) is 37.7 Å². The first kappa shape index (κ1) is 14.0. The van der Waals surface area contributed by atoms with Gasteiger partial charge in [-0.1, -0.05) is 22.9 Å². The van der Waals surface area contributed by atoms with Crippen LogP contribution in [0.3, 0.4) is 0 Å². The molecule has 0 aliphatic rings. The van der Waals surface area contributed by atoms with E-state index in [4.69, 9.17) is 9.84 Å². The number of benzene rings is 1. The van der Waals surface area contributed by atoms with Crippen molar-refractivity contribution in [2.75, 3.05) is 7.11 Å². The molecule has 1 aromatic carbocycles. The number of hydrogen-bond acceptors (Lipinski definition) is 2. The minimum Gasteiger partial charge on any atom is -0.497 e. The van der Waals surface area contributed by atoms with Crippen molar-refractivity contribution in [3.05, 3.63) is 28.2 Å². The van der Waals surface area contributed by atoms with Crippen molar-refractivity contribution in [3.8, 4) is 5.75 Å². The molecule has 1 N–H and O–H groups in total. The van der Waals surface area contributed by atoms with E-state index in [1.54, 1.807) is 7.11 Å². The molecule has 0 bridgehead atoms. The van der Waals surface area contributed by atoms with E-state index in [9.17, 15) is 4.79 Å². The van der Waals surface area contributed by atoms with E-state index in [1.807, 2.05) is 18.2 Å². The largest absolute Gasteiger partial charge is 0.497 e. The Morgan fingerprint density at radius 3 is 2.76 bits per heavy atom. The predicted octanol–water partition coefficient (Wildman–Crippen LogP) is 3.82. The summed E-state index contributed by atoms with van der Waals surface area (Å²) in [7, 11) is 1.63. The van der Waals surface area contributed by atoms with Crippen LogP contribution in [0.5, 0.6) is 5.75 Å². The number of carbonyl (C=O) groups is 1. The Balaban J connectivity index is 2.89. The average molecular weight is 301 g/mol. The van der Waals surface area contributed by atoms with Gasteiger partial charge in [-0.25, -0.2) is 0 Å². The molecule has 0 saturated heterocycles. The van der Waals surface area contributed by atoms with Crippen molar-refractivity contribution in [3.63, 3.8) is 0 Å². The normalized spacial score (nSPS) is 12.2. The van der Waals surface area contributed by atoms with Gasteiger partial charge < -0.3 is 9.84 Å². The maximum absolute atomic E-state index is 10.6. The number of carboxylic acids is 1. The van der Waals surface area contributed by atoms with Crippen LogP contribution in [0.15, 0.2) is 22.7 Å². The topological polar surface area (TPSA) is 46.5 Å². The van der Waals surface area contributed by atoms with Crippen LogP contribution in [0, 0.1) is 0 Å². The molecular formula is C13H17BrO3. The Morgan fingerprint density at radius 1 is 1.53 bits per heavy atom. The summed E-state index contributed by atoms with van der Waals surface area (Å²) >= 11 is 3.51. The van der Waals surface area contributed by atoms with Gasteiger partial charge in [0.05, 0.1) is 7.11 Å². The van der Waals surface area contributed by atoms with Gasteiger partial charge in [-0.05, 0) is 42.5 Å². The smallest absolute Gasteiger partial charge is 0.303 e. The van der Waals surface area contributed by atoms with Crippen molar-refractivity contribution < 1.29 is 14.6 Å². The summed E-state index contributed by atoms with van der Waals surface area (Å²) in [4.78, 5) is 10.6. The lowest BCUT2D eigenvalue weighted by molar-refractivity contribution is -0.137. The van der Waals surface area contributed by atoms with E-state index >= 15 is 0 Å². The summed E-state index contributed by atoms with van der Waals surface area (Å²) in [5, 5.41) is 8.74. The molecule has 1 aromatic rings. The van der Waals surface area contributed by atoms with Gasteiger partial charge in [0.25, 0.3) is 0 Å². The Hall–Kier alpha value is -1.03. The van der Waals surface area contributed by atoms with E-state index in [2.05, 4.69) is 22.9 Å². The van der Waals surface area contributed by atoms with Crippen molar-refractivity contribution in [2.45, 2.75) is 32.1 Å². The third-order valence-corrected chi connectivity index (χ3v) is 3.56. The second-order valence-electron chi connectivity index (χ2n) is 3.93. The van der Waals surface area contributed by atoms with Crippen LogP contribution in [-0.4, -0.2) is 18.2 Å². The van der Waals surface area contributed by atoms with Crippen LogP contribution in [0.2, 0.25) is 0 Å². The third-order valence-electron chi connectivity index (χ3n) is 2.84. The average Bonchev–Trinajstić information content (AvgIpc) is 2.31. The SMILES string of the molecule is CCC(CCC(=O)O)c1cc(OC)ccc1Br. The van der Waals surface area contributed by atoms with E-state index in [0.717, 1.165) is 22.2 Å². The Kier molecular flexibility index (Phi) is 5.48. The zero-order valence-corrected chi connectivity index (χ0v) is 11.7. The summed E-state index contributed by atoms with van der Waals surface area (Å²) in [5.74, 6) is 0.301. The number of carboxylic acid groups (broad SMARTS) is 1. The van der Waals surface area contributed by atoms with E-state index in [0.29, 0.717) is 6.42 Å². The molecule has 0 fully saturated rings. The zero-order valence-electron chi connectivity index (χ0n) is 10.1. The minimum absolute atomic E-state index is 0.197. The van der Waals surface area contributed by atoms with Gasteiger partial charge in [0.15, 0.2) is 0 Å². The molecule has 1 atom stereocenters. The molecule has 0 heterocycles. The van der Waals surface area contributed by atoms with Gasteiger partial charge in [-0.15, -0.1) is 0 Å². The fraction of sp³-hybridized carbons (Fsp3) is 0.462. The van der Waals surface area contributed by atoms with Crippen molar-refractivity contribution in [2.24, 2.45) is 0 Å². The first-order valence-electron chi connectivity index (χ1n) is 5.63. The fourth-order valence-corrected chi connectivity index (χ4v) is 2.41. The second-order valence-corrected chi connectivity index (χ2v) is 4.78. The summed E-state index contributed by atoms with van der Waals surface area (Å²) in [6, 6.07) is 5.80. The molecule has 0 aliphatic carbocycles. The number of aliphatic carboxylic acids is 1. The fourth-order valence-electron chi connectivity index (χ4n) is 1.84. The lowest BCUT2D eigenvalue weighted by atomic mass is 9.92. The summed E-state index contributed by atoms with van der Waals surface area (Å²) < 4.78 is 6.20. The molecule has 0 aromatic heterocycles. The maximum atomic E-state index is 10.6. The van der Waals surface area contributed by atoms with Gasteiger partial charge in [-0.3, -0.25) is 4.79 Å². The highest BCUT2D eigenvalue weighted by molar-refractivity contribution is 9.10. The Morgan fingerprint density at radius 2 is 2.24 bits per heavy atom. The number of methoxy groups -OCH3 is 1. The maximum Gasteiger partial charge on any atom is 0.303 e. The quantitative estimate of drug-likeness (QED) is 0.869. The van der Waals surface area contributed by atoms with E-state index in [-0.39, 0.29) is 12.3 Å². The molecule has 0 radical (unpaired) electrons. The van der Waals surface area contributed by atoms with Crippen molar-refractivity contribution in [1.29, 1.82) is 0 Å². The highest BCUT2D eigenvalue weighted by Gasteiger charge is 2.15. The molecule has 4 heteroatoms. The van der Waals surface area contributed by atoms with Gasteiger partial charge in [0, 0.05) is 10.9 Å². The molecule has 1 unspecified atom stereocenters. The first-order valence-corrected chi connectivity index (χ1v) is 6.43. The monoisotopic (exact) mass is 300 g/mol. The highest BCUT2D eigenvalue weighted by atomic mass is 79.9. The number of halogens is 1. The minimum atomic E-state index is -0.748. The highest BCUT2D eigenvalue weighted by Crippen LogP contribution is 2.33. The number of ether oxygens (including phenoxy) is 1. The molecular weight excluding hydrogens is 284 g/mol. The van der Waals surface area contributed by atoms with Gasteiger partial charge in [0.2, 0.25) is 0 Å². The molecule has 0 amide bonds. The molecule has 3 nitrogen and oxygen atoms in total. The lowest BCUT2D eigenvalue weighted by Crippen LogP contribution is -2.03. The standard InChI is InChI=1S/C13H17BrO3/c1-3-9(4-7-13(15)16)11-8-10(17-2)5-6-12(11)14/h5-6,8-9H,3-4,7H2,1-2H3,(H,15,16). The van der Waals surface area contributed by atoms with Crippen LogP contribution >= 0.6 is 15.9 Å². The molecule has 0 saturated carbocycles. The van der Waals surface area contributed by atoms with Crippen LogP contribution < -0.4 is 4.74 Å². The summed E-state index contributed by atoms with van der Waals surface area (Å²) in [6.45, 7) is 2.07. The van der Waals surface area contributed by atoms with Gasteiger partial charge in [0.1, 0.15) is 5.75 Å². The van der Waals surface area contributed by atoms with Crippen LogP contribution in [-0.2, 0) is 4.79 Å². The van der Waals surface area contributed by atoms with E-state index < -0.39 is 5.97 Å². The van der Waals surface area contributed by atoms with Gasteiger partial charge >= 0.3 is 5.97 Å². The molecule has 0 spiro atoms. The first-order chi connectivity index (χ1) is 8.08. The number of rotatable bonds is 6. The Labute approximate surface area is 110 Å². The van der Waals surface area contributed by atoms with Crippen LogP contribution in [0.25, 0.3) is 0 Å². The molecule has 0 aliphatic heterocycles. The zero-order chi connectivity index (χ0) is 12.8. The van der Waals surface area contributed by atoms with Crippen molar-refractivity contribution in [1.82, 2.24) is 0 Å². The second kappa shape index (κ2) is 6.64. The molecule has 94 valence electrons. The lowest BCUT2D eigenvalue weighted by Gasteiger charge is -2.17. The van der Waals surface area contributed by atoms with E-state index in [1.165, 1.54) is 0 Å². The van der Waals surface area contributed by atoms with Crippen LogP contribution in [0.4, 0.5) is 0 Å². The predicted molar refractivity (Wildman–Crippen MR) is 70.6 cm³/mol. The van der Waals surface area contributed by atoms with Crippen molar-refractivity contribution >= 4 is 21.9 Å². The number of hydrogen-bond donors (Lipinski definition) is 1. The third kappa shape index (κ3) is 4.04. The molecule has 1 rings (SSSR count). The summed E-state index contributed by atoms with van der Waals surface area (Å²) in [5.41, 5.74) is 1.12.